The molecule has 1 atom stereocenters. The molecule has 0 aliphatic carbocycles. The first kappa shape index (κ1) is 16.7. The average Bonchev–Trinajstić information content (AvgIpc) is 3.43. The first-order valence-corrected chi connectivity index (χ1v) is 9.72. The lowest BCUT2D eigenvalue weighted by molar-refractivity contribution is 0.0732. The van der Waals surface area contributed by atoms with Gasteiger partial charge in [-0.1, -0.05) is 24.3 Å². The Bertz CT molecular complexity index is 1140. The summed E-state index contributed by atoms with van der Waals surface area (Å²) in [6.45, 7) is 0.442. The molecule has 1 amide bonds. The van der Waals surface area contributed by atoms with E-state index < -0.39 is 0 Å². The standard InChI is InChI=1S/C21H16N4O2S/c26-15-7-2-1-6-14(15)18-17-19(24-23-18)21(27)25(12-13-5-3-9-22-11-13)20(17)16-8-4-10-28-16/h1-11,20,26H,12H2,(H,23,24)/t20-/m0/s1. The molecule has 5 rings (SSSR count). The third-order valence-corrected chi connectivity index (χ3v) is 5.84. The summed E-state index contributed by atoms with van der Waals surface area (Å²) in [4.78, 5) is 20.3. The van der Waals surface area contributed by atoms with Crippen LogP contribution in [0.4, 0.5) is 0 Å². The van der Waals surface area contributed by atoms with Gasteiger partial charge in [0.2, 0.25) is 0 Å². The maximum Gasteiger partial charge on any atom is 0.273 e. The van der Waals surface area contributed by atoms with Gasteiger partial charge in [-0.05, 0) is 35.2 Å². The van der Waals surface area contributed by atoms with Gasteiger partial charge >= 0.3 is 0 Å². The minimum atomic E-state index is -0.268. The van der Waals surface area contributed by atoms with Crippen molar-refractivity contribution in [3.05, 3.63) is 88.0 Å². The average molecular weight is 388 g/mol. The molecule has 0 unspecified atom stereocenters. The molecule has 1 aromatic carbocycles. The van der Waals surface area contributed by atoms with E-state index in [-0.39, 0.29) is 17.7 Å². The lowest BCUT2D eigenvalue weighted by Gasteiger charge is -2.25. The number of thiophene rings is 1. The van der Waals surface area contributed by atoms with Crippen molar-refractivity contribution in [1.29, 1.82) is 0 Å². The van der Waals surface area contributed by atoms with Crippen molar-refractivity contribution >= 4 is 17.2 Å². The molecule has 0 radical (unpaired) electrons. The molecule has 138 valence electrons. The van der Waals surface area contributed by atoms with Gasteiger partial charge in [0.25, 0.3) is 5.91 Å². The van der Waals surface area contributed by atoms with E-state index in [9.17, 15) is 9.90 Å². The van der Waals surface area contributed by atoms with E-state index >= 15 is 0 Å². The van der Waals surface area contributed by atoms with Crippen molar-refractivity contribution in [2.75, 3.05) is 0 Å². The Labute approximate surface area is 165 Å². The number of hydrogen-bond acceptors (Lipinski definition) is 5. The van der Waals surface area contributed by atoms with Gasteiger partial charge in [0.1, 0.15) is 17.1 Å². The molecule has 0 spiro atoms. The molecule has 3 aromatic heterocycles. The number of H-pyrrole nitrogens is 1. The minimum Gasteiger partial charge on any atom is -0.507 e. The molecule has 1 aliphatic rings. The fourth-order valence-electron chi connectivity index (χ4n) is 3.67. The predicted molar refractivity (Wildman–Crippen MR) is 106 cm³/mol. The van der Waals surface area contributed by atoms with Crippen molar-refractivity contribution in [2.24, 2.45) is 0 Å². The van der Waals surface area contributed by atoms with Crippen LogP contribution in [0.15, 0.2) is 66.3 Å². The number of pyridine rings is 1. The van der Waals surface area contributed by atoms with Gasteiger partial charge in [0.15, 0.2) is 0 Å². The van der Waals surface area contributed by atoms with Crippen LogP contribution in [0, 0.1) is 0 Å². The monoisotopic (exact) mass is 388 g/mol. The van der Waals surface area contributed by atoms with Crippen LogP contribution < -0.4 is 0 Å². The number of para-hydroxylation sites is 1. The molecular weight excluding hydrogens is 372 g/mol. The summed E-state index contributed by atoms with van der Waals surface area (Å²) in [5.74, 6) is 0.0336. The smallest absolute Gasteiger partial charge is 0.273 e. The van der Waals surface area contributed by atoms with Crippen molar-refractivity contribution in [1.82, 2.24) is 20.1 Å². The van der Waals surface area contributed by atoms with Gasteiger partial charge in [0.05, 0.1) is 6.04 Å². The molecule has 4 heterocycles. The molecule has 1 aliphatic heterocycles. The van der Waals surface area contributed by atoms with Crippen LogP contribution >= 0.6 is 11.3 Å². The first-order valence-electron chi connectivity index (χ1n) is 8.84. The summed E-state index contributed by atoms with van der Waals surface area (Å²) in [5.41, 5.74) is 3.45. The molecule has 2 N–H and O–H groups in total. The Morgan fingerprint density at radius 1 is 1.14 bits per heavy atom. The summed E-state index contributed by atoms with van der Waals surface area (Å²) in [6.07, 6.45) is 3.49. The maximum atomic E-state index is 13.2. The van der Waals surface area contributed by atoms with Crippen molar-refractivity contribution in [3.8, 4) is 17.0 Å². The van der Waals surface area contributed by atoms with Gasteiger partial charge in [-0.3, -0.25) is 14.9 Å². The molecule has 6 nitrogen and oxygen atoms in total. The number of aromatic nitrogens is 3. The molecule has 28 heavy (non-hydrogen) atoms. The third-order valence-electron chi connectivity index (χ3n) is 4.91. The molecule has 0 saturated heterocycles. The number of aromatic hydroxyl groups is 1. The number of phenols is 1. The molecular formula is C21H16N4O2S. The maximum absolute atomic E-state index is 13.2. The lowest BCUT2D eigenvalue weighted by Crippen LogP contribution is -2.28. The summed E-state index contributed by atoms with van der Waals surface area (Å²) in [7, 11) is 0. The first-order chi connectivity index (χ1) is 13.7. The Hall–Kier alpha value is -3.45. The van der Waals surface area contributed by atoms with E-state index in [4.69, 9.17) is 0 Å². The van der Waals surface area contributed by atoms with Gasteiger partial charge in [-0.25, -0.2) is 0 Å². The summed E-state index contributed by atoms with van der Waals surface area (Å²) < 4.78 is 0. The zero-order chi connectivity index (χ0) is 19.1. The number of phenolic OH excluding ortho intramolecular Hbond substituents is 1. The number of rotatable bonds is 4. The van der Waals surface area contributed by atoms with E-state index in [1.54, 1.807) is 35.9 Å². The van der Waals surface area contributed by atoms with Crippen LogP contribution in [0.5, 0.6) is 5.75 Å². The minimum absolute atomic E-state index is 0.105. The van der Waals surface area contributed by atoms with E-state index in [2.05, 4.69) is 15.2 Å². The number of aromatic amines is 1. The molecule has 0 fully saturated rings. The van der Waals surface area contributed by atoms with Crippen LogP contribution in [0.1, 0.15) is 32.5 Å². The van der Waals surface area contributed by atoms with E-state index in [1.807, 2.05) is 46.7 Å². The highest BCUT2D eigenvalue weighted by Crippen LogP contribution is 2.45. The molecule has 0 bridgehead atoms. The van der Waals surface area contributed by atoms with Crippen molar-refractivity contribution in [3.63, 3.8) is 0 Å². The quantitative estimate of drug-likeness (QED) is 0.554. The Kier molecular flexibility index (Phi) is 3.95. The summed E-state index contributed by atoms with van der Waals surface area (Å²) >= 11 is 1.60. The van der Waals surface area contributed by atoms with Crippen LogP contribution in [0.2, 0.25) is 0 Å². The molecule has 7 heteroatoms. The van der Waals surface area contributed by atoms with Crippen molar-refractivity contribution < 1.29 is 9.90 Å². The fraction of sp³-hybridized carbons (Fsp3) is 0.0952. The van der Waals surface area contributed by atoms with Crippen LogP contribution in [-0.4, -0.2) is 31.1 Å². The number of carbonyl (C=O) groups is 1. The second-order valence-electron chi connectivity index (χ2n) is 6.59. The highest BCUT2D eigenvalue weighted by Gasteiger charge is 2.42. The number of benzene rings is 1. The van der Waals surface area contributed by atoms with E-state index in [1.165, 1.54) is 0 Å². The van der Waals surface area contributed by atoms with Crippen LogP contribution in [-0.2, 0) is 6.54 Å². The van der Waals surface area contributed by atoms with Crippen molar-refractivity contribution in [2.45, 2.75) is 12.6 Å². The largest absolute Gasteiger partial charge is 0.507 e. The number of carbonyl (C=O) groups excluding carboxylic acids is 1. The van der Waals surface area contributed by atoms with E-state index in [0.29, 0.717) is 23.5 Å². The number of nitrogens with zero attached hydrogens (tertiary/aromatic N) is 3. The Balaban J connectivity index is 1.65. The summed E-state index contributed by atoms with van der Waals surface area (Å²) in [6, 6.07) is 14.6. The van der Waals surface area contributed by atoms with Gasteiger partial charge in [-0.15, -0.1) is 11.3 Å². The second kappa shape index (κ2) is 6.61. The normalized spacial score (nSPS) is 15.8. The Morgan fingerprint density at radius 3 is 2.79 bits per heavy atom. The van der Waals surface area contributed by atoms with Gasteiger partial charge in [-0.2, -0.15) is 5.10 Å². The lowest BCUT2D eigenvalue weighted by atomic mass is 10.00. The second-order valence-corrected chi connectivity index (χ2v) is 7.57. The third kappa shape index (κ3) is 2.59. The number of hydrogen-bond donors (Lipinski definition) is 2. The van der Waals surface area contributed by atoms with E-state index in [0.717, 1.165) is 16.0 Å². The topological polar surface area (TPSA) is 82.1 Å². The highest BCUT2D eigenvalue weighted by molar-refractivity contribution is 7.10. The van der Waals surface area contributed by atoms with Gasteiger partial charge < -0.3 is 10.0 Å². The number of amides is 1. The van der Waals surface area contributed by atoms with Crippen LogP contribution in [0.25, 0.3) is 11.3 Å². The molecule has 0 saturated carbocycles. The fourth-order valence-corrected chi connectivity index (χ4v) is 4.52. The number of nitrogens with one attached hydrogen (secondary N) is 1. The highest BCUT2D eigenvalue weighted by atomic mass is 32.1. The zero-order valence-corrected chi connectivity index (χ0v) is 15.6. The summed E-state index contributed by atoms with van der Waals surface area (Å²) in [5, 5.41) is 19.6. The SMILES string of the molecule is O=C1c2[nH]nc(-c3ccccc3O)c2[C@H](c2cccs2)N1Cc1cccnc1. The Morgan fingerprint density at radius 2 is 2.04 bits per heavy atom. The van der Waals surface area contributed by atoms with Crippen LogP contribution in [0.3, 0.4) is 0 Å². The number of fused-ring (bicyclic) bond motifs is 1. The predicted octanol–water partition coefficient (Wildman–Crippen LogP) is 3.98. The van der Waals surface area contributed by atoms with Gasteiger partial charge in [0, 0.05) is 34.9 Å². The zero-order valence-electron chi connectivity index (χ0n) is 14.7. The molecule has 4 aromatic rings.